The number of halogens is 2. The van der Waals surface area contributed by atoms with Gasteiger partial charge >= 0.3 is 0 Å². The van der Waals surface area contributed by atoms with E-state index in [1.807, 2.05) is 0 Å². The topological polar surface area (TPSA) is 126 Å². The molecule has 2 heterocycles. The number of ether oxygens (including phenoxy) is 2. The van der Waals surface area contributed by atoms with Crippen molar-refractivity contribution in [3.8, 4) is 6.07 Å². The Morgan fingerprint density at radius 1 is 1.08 bits per heavy atom. The number of fused-ring (bicyclic) bond motifs is 1. The molecule has 0 amide bonds. The minimum absolute atomic E-state index is 0.0513. The van der Waals surface area contributed by atoms with Gasteiger partial charge < -0.3 is 20.1 Å². The molecule has 9 nitrogen and oxygen atoms in total. The van der Waals surface area contributed by atoms with Crippen LogP contribution in [-0.2, 0) is 19.3 Å². The van der Waals surface area contributed by atoms with Gasteiger partial charge in [-0.25, -0.2) is 17.8 Å². The van der Waals surface area contributed by atoms with E-state index < -0.39 is 20.9 Å². The number of benzene rings is 2. The zero-order chi connectivity index (χ0) is 28.0. The van der Waals surface area contributed by atoms with Crippen molar-refractivity contribution in [3.05, 3.63) is 65.1 Å². The van der Waals surface area contributed by atoms with Crippen LogP contribution >= 0.6 is 22.9 Å². The molecule has 2 aromatic heterocycles. The first-order valence-corrected chi connectivity index (χ1v) is 14.5. The van der Waals surface area contributed by atoms with E-state index in [1.165, 1.54) is 50.0 Å². The molecule has 0 bridgehead atoms. The number of hydrogen-bond donors (Lipinski definition) is 2. The van der Waals surface area contributed by atoms with Crippen molar-refractivity contribution < 1.29 is 22.3 Å². The van der Waals surface area contributed by atoms with Crippen LogP contribution in [0.2, 0.25) is 5.02 Å². The number of pyridine rings is 1. The van der Waals surface area contributed by atoms with Gasteiger partial charge in [0.2, 0.25) is 0 Å². The molecule has 39 heavy (non-hydrogen) atoms. The number of rotatable bonds is 12. The summed E-state index contributed by atoms with van der Waals surface area (Å²) in [4.78, 5) is 8.98. The SMILES string of the molecule is COCCC(CCOC)S(=O)(=O)c1ccc(Nc2nc3ncc(C#N)c(Nc4ccc(F)c(Cl)c4)c3s2)cc1. The molecule has 0 unspecified atom stereocenters. The Bertz CT molecular complexity index is 1600. The van der Waals surface area contributed by atoms with Crippen LogP contribution in [0.15, 0.2) is 53.6 Å². The van der Waals surface area contributed by atoms with Gasteiger partial charge in [-0.15, -0.1) is 0 Å². The Hall–Kier alpha value is -3.34. The third-order valence-electron chi connectivity index (χ3n) is 5.89. The second kappa shape index (κ2) is 12.7. The number of hydrogen-bond acceptors (Lipinski definition) is 10. The molecule has 0 spiro atoms. The van der Waals surface area contributed by atoms with Crippen molar-refractivity contribution in [1.29, 1.82) is 5.26 Å². The summed E-state index contributed by atoms with van der Waals surface area (Å²) in [5.74, 6) is -0.550. The molecule has 0 aliphatic heterocycles. The fourth-order valence-electron chi connectivity index (χ4n) is 3.85. The molecule has 0 fully saturated rings. The van der Waals surface area contributed by atoms with Gasteiger partial charge in [0.1, 0.15) is 16.6 Å². The van der Waals surface area contributed by atoms with Crippen molar-refractivity contribution in [2.75, 3.05) is 38.1 Å². The largest absolute Gasteiger partial charge is 0.385 e. The number of aromatic nitrogens is 2. The fraction of sp³-hybridized carbons (Fsp3) is 0.269. The van der Waals surface area contributed by atoms with Crippen LogP contribution in [0.3, 0.4) is 0 Å². The van der Waals surface area contributed by atoms with Crippen LogP contribution in [0, 0.1) is 17.1 Å². The molecule has 4 aromatic rings. The lowest BCUT2D eigenvalue weighted by molar-refractivity contribution is 0.173. The molecule has 0 aliphatic carbocycles. The van der Waals surface area contributed by atoms with E-state index in [-0.39, 0.29) is 15.5 Å². The highest BCUT2D eigenvalue weighted by molar-refractivity contribution is 7.92. The summed E-state index contributed by atoms with van der Waals surface area (Å²) >= 11 is 7.16. The second-order valence-corrected chi connectivity index (χ2v) is 12.1. The third-order valence-corrected chi connectivity index (χ3v) is 9.44. The first-order valence-electron chi connectivity index (χ1n) is 11.8. The summed E-state index contributed by atoms with van der Waals surface area (Å²) in [6.45, 7) is 0.662. The summed E-state index contributed by atoms with van der Waals surface area (Å²) in [5.41, 5.74) is 2.27. The maximum absolute atomic E-state index is 13.6. The molecule has 0 aliphatic rings. The Kier molecular flexibility index (Phi) is 9.32. The average molecular weight is 590 g/mol. The van der Waals surface area contributed by atoms with Gasteiger partial charge in [0, 0.05) is 45.0 Å². The van der Waals surface area contributed by atoms with Crippen molar-refractivity contribution in [3.63, 3.8) is 0 Å². The number of methoxy groups -OCH3 is 2. The molecule has 13 heteroatoms. The van der Waals surface area contributed by atoms with Crippen LogP contribution < -0.4 is 10.6 Å². The maximum Gasteiger partial charge on any atom is 0.189 e. The van der Waals surface area contributed by atoms with E-state index in [4.69, 9.17) is 21.1 Å². The molecule has 0 saturated heterocycles. The van der Waals surface area contributed by atoms with E-state index in [9.17, 15) is 18.1 Å². The van der Waals surface area contributed by atoms with Crippen molar-refractivity contribution in [2.24, 2.45) is 0 Å². The number of sulfone groups is 1. The minimum Gasteiger partial charge on any atom is -0.385 e. The van der Waals surface area contributed by atoms with Gasteiger partial charge in [-0.3, -0.25) is 0 Å². The Morgan fingerprint density at radius 3 is 2.36 bits per heavy atom. The first-order chi connectivity index (χ1) is 18.8. The minimum atomic E-state index is -3.59. The summed E-state index contributed by atoms with van der Waals surface area (Å²) in [7, 11) is -0.511. The fourth-order valence-corrected chi connectivity index (χ4v) is 6.69. The van der Waals surface area contributed by atoms with Gasteiger partial charge in [-0.2, -0.15) is 10.2 Å². The Balaban J connectivity index is 1.58. The summed E-state index contributed by atoms with van der Waals surface area (Å²) in [5, 5.41) is 15.7. The molecule has 2 N–H and O–H groups in total. The molecule has 4 rings (SSSR count). The number of nitrogens with zero attached hydrogens (tertiary/aromatic N) is 3. The van der Waals surface area contributed by atoms with Crippen LogP contribution in [0.5, 0.6) is 0 Å². The van der Waals surface area contributed by atoms with Crippen LogP contribution in [0.1, 0.15) is 18.4 Å². The van der Waals surface area contributed by atoms with Crippen molar-refractivity contribution in [2.45, 2.75) is 23.0 Å². The zero-order valence-electron chi connectivity index (χ0n) is 21.1. The molecule has 0 atom stereocenters. The lowest BCUT2D eigenvalue weighted by Crippen LogP contribution is -2.24. The lowest BCUT2D eigenvalue weighted by atomic mass is 10.2. The quantitative estimate of drug-likeness (QED) is 0.203. The van der Waals surface area contributed by atoms with E-state index in [2.05, 4.69) is 26.7 Å². The van der Waals surface area contributed by atoms with E-state index in [0.717, 1.165) is 0 Å². The molecule has 0 saturated carbocycles. The van der Waals surface area contributed by atoms with Gasteiger partial charge in [-0.05, 0) is 55.3 Å². The third kappa shape index (κ3) is 6.63. The second-order valence-electron chi connectivity index (χ2n) is 8.46. The average Bonchev–Trinajstić information content (AvgIpc) is 3.34. The van der Waals surface area contributed by atoms with Gasteiger partial charge in [-0.1, -0.05) is 22.9 Å². The molecule has 204 valence electrons. The number of nitrogens with one attached hydrogen (secondary N) is 2. The van der Waals surface area contributed by atoms with E-state index in [1.54, 1.807) is 24.3 Å². The lowest BCUT2D eigenvalue weighted by Gasteiger charge is -2.17. The van der Waals surface area contributed by atoms with Crippen molar-refractivity contribution >= 4 is 65.3 Å². The highest BCUT2D eigenvalue weighted by Crippen LogP contribution is 2.37. The predicted octanol–water partition coefficient (Wildman–Crippen LogP) is 6.06. The number of nitriles is 1. The Labute approximate surface area is 234 Å². The standard InChI is InChI=1S/C26H25ClFN5O4S2/c1-36-11-9-20(10-12-37-2)39(34,35)19-6-3-17(4-7-19)32-26-33-25-24(38-26)23(16(14-29)15-30-25)31-18-5-8-22(28)21(27)13-18/h3-8,13,15,20H,9-12H2,1-2H3,(H2,30,31,32,33). The zero-order valence-corrected chi connectivity index (χ0v) is 23.5. The van der Waals surface area contributed by atoms with Crippen LogP contribution in [-0.4, -0.2) is 51.1 Å². The van der Waals surface area contributed by atoms with Gasteiger partial charge in [0.05, 0.1) is 26.4 Å². The highest BCUT2D eigenvalue weighted by atomic mass is 35.5. The molecular weight excluding hydrogens is 565 g/mol. The Morgan fingerprint density at radius 2 is 1.74 bits per heavy atom. The predicted molar refractivity (Wildman–Crippen MR) is 151 cm³/mol. The van der Waals surface area contributed by atoms with Crippen LogP contribution in [0.4, 0.5) is 26.6 Å². The maximum atomic E-state index is 13.6. The van der Waals surface area contributed by atoms with Crippen molar-refractivity contribution in [1.82, 2.24) is 9.97 Å². The van der Waals surface area contributed by atoms with Crippen LogP contribution in [0.25, 0.3) is 10.3 Å². The smallest absolute Gasteiger partial charge is 0.189 e. The summed E-state index contributed by atoms with van der Waals surface area (Å²) in [6.07, 6.45) is 2.14. The monoisotopic (exact) mass is 589 g/mol. The number of thiazole rings is 1. The number of anilines is 4. The van der Waals surface area contributed by atoms with E-state index in [0.29, 0.717) is 58.6 Å². The normalized spacial score (nSPS) is 11.6. The molecule has 0 radical (unpaired) electrons. The highest BCUT2D eigenvalue weighted by Gasteiger charge is 2.27. The summed E-state index contributed by atoms with van der Waals surface area (Å²) in [6, 6.07) is 12.7. The first kappa shape index (κ1) is 28.7. The molecule has 2 aromatic carbocycles. The van der Waals surface area contributed by atoms with Gasteiger partial charge in [0.25, 0.3) is 0 Å². The van der Waals surface area contributed by atoms with E-state index >= 15 is 0 Å². The summed E-state index contributed by atoms with van der Waals surface area (Å²) < 4.78 is 50.8. The molecular formula is C26H25ClFN5O4S2. The van der Waals surface area contributed by atoms with Gasteiger partial charge in [0.15, 0.2) is 20.6 Å².